The van der Waals surface area contributed by atoms with Crippen LogP contribution in [0, 0.1) is 5.82 Å². The third-order valence-electron chi connectivity index (χ3n) is 2.67. The highest BCUT2D eigenvalue weighted by Gasteiger charge is 2.16. The molecule has 0 aliphatic rings. The van der Waals surface area contributed by atoms with Crippen molar-refractivity contribution in [3.05, 3.63) is 29.6 Å². The van der Waals surface area contributed by atoms with Crippen molar-refractivity contribution in [3.8, 4) is 5.75 Å². The SMILES string of the molecule is CCCN(CCC)C(=O)c1ccc(OC)c(F)c1. The Morgan fingerprint density at radius 2 is 1.89 bits per heavy atom. The smallest absolute Gasteiger partial charge is 0.253 e. The zero-order valence-electron chi connectivity index (χ0n) is 11.2. The molecule has 1 amide bonds. The number of nitrogens with zero attached hydrogens (tertiary/aromatic N) is 1. The van der Waals surface area contributed by atoms with E-state index in [1.54, 1.807) is 11.0 Å². The first-order chi connectivity index (χ1) is 8.63. The molecule has 18 heavy (non-hydrogen) atoms. The number of carbonyl (C=O) groups is 1. The van der Waals surface area contributed by atoms with Gasteiger partial charge in [-0.1, -0.05) is 13.8 Å². The van der Waals surface area contributed by atoms with E-state index < -0.39 is 5.82 Å². The minimum atomic E-state index is -0.503. The van der Waals surface area contributed by atoms with Gasteiger partial charge in [-0.05, 0) is 31.0 Å². The summed E-state index contributed by atoms with van der Waals surface area (Å²) in [6.45, 7) is 5.43. The Kier molecular flexibility index (Phi) is 5.62. The molecule has 0 aliphatic carbocycles. The average molecular weight is 253 g/mol. The van der Waals surface area contributed by atoms with E-state index in [0.717, 1.165) is 12.8 Å². The molecular weight excluding hydrogens is 233 g/mol. The Morgan fingerprint density at radius 1 is 1.28 bits per heavy atom. The van der Waals surface area contributed by atoms with Gasteiger partial charge in [0, 0.05) is 18.7 Å². The number of methoxy groups -OCH3 is 1. The number of hydrogen-bond acceptors (Lipinski definition) is 2. The predicted octanol–water partition coefficient (Wildman–Crippen LogP) is 3.10. The summed E-state index contributed by atoms with van der Waals surface area (Å²) in [4.78, 5) is 13.9. The first-order valence-electron chi connectivity index (χ1n) is 6.26. The van der Waals surface area contributed by atoms with Gasteiger partial charge in [-0.25, -0.2) is 4.39 Å². The maximum atomic E-state index is 13.6. The molecule has 1 aromatic rings. The molecule has 0 aromatic heterocycles. The van der Waals surface area contributed by atoms with Crippen LogP contribution in [0.3, 0.4) is 0 Å². The van der Waals surface area contributed by atoms with E-state index in [-0.39, 0.29) is 11.7 Å². The van der Waals surface area contributed by atoms with Gasteiger partial charge in [-0.15, -0.1) is 0 Å². The molecule has 100 valence electrons. The molecule has 0 heterocycles. The summed E-state index contributed by atoms with van der Waals surface area (Å²) >= 11 is 0. The molecule has 0 fully saturated rings. The van der Waals surface area contributed by atoms with Crippen LogP contribution in [-0.2, 0) is 0 Å². The molecular formula is C14H20FNO2. The summed E-state index contributed by atoms with van der Waals surface area (Å²) < 4.78 is 18.4. The summed E-state index contributed by atoms with van der Waals surface area (Å²) in [5.74, 6) is -0.472. The summed E-state index contributed by atoms with van der Waals surface area (Å²) in [5.41, 5.74) is 0.371. The topological polar surface area (TPSA) is 29.5 Å². The van der Waals surface area contributed by atoms with Crippen LogP contribution in [0.1, 0.15) is 37.0 Å². The number of rotatable bonds is 6. The Bertz CT molecular complexity index is 401. The van der Waals surface area contributed by atoms with Gasteiger partial charge in [0.15, 0.2) is 11.6 Å². The summed E-state index contributed by atoms with van der Waals surface area (Å²) in [5, 5.41) is 0. The monoisotopic (exact) mass is 253 g/mol. The molecule has 0 unspecified atom stereocenters. The van der Waals surface area contributed by atoms with Crippen LogP contribution in [0.2, 0.25) is 0 Å². The van der Waals surface area contributed by atoms with Crippen LogP contribution in [0.15, 0.2) is 18.2 Å². The lowest BCUT2D eigenvalue weighted by molar-refractivity contribution is 0.0755. The fourth-order valence-corrected chi connectivity index (χ4v) is 1.84. The van der Waals surface area contributed by atoms with E-state index in [0.29, 0.717) is 18.7 Å². The number of carbonyl (C=O) groups excluding carboxylic acids is 1. The van der Waals surface area contributed by atoms with Crippen molar-refractivity contribution in [2.45, 2.75) is 26.7 Å². The first-order valence-corrected chi connectivity index (χ1v) is 6.26. The van der Waals surface area contributed by atoms with E-state index in [9.17, 15) is 9.18 Å². The molecule has 0 bridgehead atoms. The van der Waals surface area contributed by atoms with Gasteiger partial charge in [0.2, 0.25) is 0 Å². The molecule has 0 atom stereocenters. The lowest BCUT2D eigenvalue weighted by Crippen LogP contribution is -2.32. The maximum Gasteiger partial charge on any atom is 0.253 e. The van der Waals surface area contributed by atoms with Crippen LogP contribution in [0.5, 0.6) is 5.75 Å². The lowest BCUT2D eigenvalue weighted by Gasteiger charge is -2.21. The van der Waals surface area contributed by atoms with Gasteiger partial charge in [-0.2, -0.15) is 0 Å². The Labute approximate surface area is 108 Å². The molecule has 1 aromatic carbocycles. The van der Waals surface area contributed by atoms with E-state index in [2.05, 4.69) is 0 Å². The Morgan fingerprint density at radius 3 is 2.33 bits per heavy atom. The van der Waals surface area contributed by atoms with Crippen molar-refractivity contribution in [1.82, 2.24) is 4.90 Å². The molecule has 0 saturated carbocycles. The summed E-state index contributed by atoms with van der Waals surface area (Å²) in [6.07, 6.45) is 1.79. The fourth-order valence-electron chi connectivity index (χ4n) is 1.84. The first kappa shape index (κ1) is 14.5. The third kappa shape index (κ3) is 3.45. The Hall–Kier alpha value is -1.58. The van der Waals surface area contributed by atoms with Crippen molar-refractivity contribution < 1.29 is 13.9 Å². The van der Waals surface area contributed by atoms with E-state index in [4.69, 9.17) is 4.74 Å². The highest BCUT2D eigenvalue weighted by Crippen LogP contribution is 2.18. The normalized spacial score (nSPS) is 10.2. The zero-order chi connectivity index (χ0) is 13.5. The van der Waals surface area contributed by atoms with E-state index in [1.807, 2.05) is 13.8 Å². The standard InChI is InChI=1S/C14H20FNO2/c1-4-8-16(9-5-2)14(17)11-6-7-13(18-3)12(15)10-11/h6-7,10H,4-5,8-9H2,1-3H3. The largest absolute Gasteiger partial charge is 0.494 e. The van der Waals surface area contributed by atoms with Gasteiger partial charge >= 0.3 is 0 Å². The van der Waals surface area contributed by atoms with Crippen LogP contribution in [0.25, 0.3) is 0 Å². The summed E-state index contributed by atoms with van der Waals surface area (Å²) in [6, 6.07) is 4.32. The molecule has 4 heteroatoms. The quantitative estimate of drug-likeness (QED) is 0.779. The molecule has 0 N–H and O–H groups in total. The van der Waals surface area contributed by atoms with Crippen LogP contribution < -0.4 is 4.74 Å². The van der Waals surface area contributed by atoms with Gasteiger partial charge in [-0.3, -0.25) is 4.79 Å². The van der Waals surface area contributed by atoms with Gasteiger partial charge in [0.1, 0.15) is 0 Å². The second-order valence-corrected chi connectivity index (χ2v) is 4.14. The van der Waals surface area contributed by atoms with Gasteiger partial charge in [0.25, 0.3) is 5.91 Å². The molecule has 1 rings (SSSR count). The number of amides is 1. The van der Waals surface area contributed by atoms with Gasteiger partial charge < -0.3 is 9.64 Å². The molecule has 0 spiro atoms. The number of halogens is 1. The van der Waals surface area contributed by atoms with Crippen LogP contribution in [0.4, 0.5) is 4.39 Å². The van der Waals surface area contributed by atoms with Crippen LogP contribution in [-0.4, -0.2) is 31.0 Å². The molecule has 3 nitrogen and oxygen atoms in total. The average Bonchev–Trinajstić information content (AvgIpc) is 2.37. The van der Waals surface area contributed by atoms with Crippen molar-refractivity contribution in [3.63, 3.8) is 0 Å². The molecule has 0 aliphatic heterocycles. The van der Waals surface area contributed by atoms with E-state index in [1.165, 1.54) is 19.2 Å². The number of ether oxygens (including phenoxy) is 1. The number of hydrogen-bond donors (Lipinski definition) is 0. The zero-order valence-corrected chi connectivity index (χ0v) is 11.2. The van der Waals surface area contributed by atoms with Crippen molar-refractivity contribution >= 4 is 5.91 Å². The maximum absolute atomic E-state index is 13.6. The fraction of sp³-hybridized carbons (Fsp3) is 0.500. The Balaban J connectivity index is 2.90. The van der Waals surface area contributed by atoms with Gasteiger partial charge in [0.05, 0.1) is 7.11 Å². The highest BCUT2D eigenvalue weighted by molar-refractivity contribution is 5.94. The second-order valence-electron chi connectivity index (χ2n) is 4.14. The van der Waals surface area contributed by atoms with Crippen molar-refractivity contribution in [2.24, 2.45) is 0 Å². The van der Waals surface area contributed by atoms with Crippen molar-refractivity contribution in [1.29, 1.82) is 0 Å². The molecule has 0 saturated heterocycles. The highest BCUT2D eigenvalue weighted by atomic mass is 19.1. The van der Waals surface area contributed by atoms with E-state index >= 15 is 0 Å². The minimum absolute atomic E-state index is 0.125. The second kappa shape index (κ2) is 6.99. The lowest BCUT2D eigenvalue weighted by atomic mass is 10.1. The summed E-state index contributed by atoms with van der Waals surface area (Å²) in [7, 11) is 1.40. The molecule has 0 radical (unpaired) electrons. The van der Waals surface area contributed by atoms with Crippen molar-refractivity contribution in [2.75, 3.05) is 20.2 Å². The predicted molar refractivity (Wildman–Crippen MR) is 69.4 cm³/mol. The number of benzene rings is 1. The minimum Gasteiger partial charge on any atom is -0.494 e. The van der Waals surface area contributed by atoms with Crippen LogP contribution >= 0.6 is 0 Å². The third-order valence-corrected chi connectivity index (χ3v) is 2.67.